The standard InChI is InChI=1S/C22H22ClN5O2/c1-28(2)17-10-8-16(9-11-17)21(29)26-18(12-15-6-4-3-5-7-15)22(30)27-19-13-24-14-25-20(19)23/h3-11,13-14,18H,12H2,1-2H3,(H,26,29)(H,27,30). The molecule has 0 saturated carbocycles. The Morgan fingerprint density at radius 3 is 2.40 bits per heavy atom. The Balaban J connectivity index is 1.79. The van der Waals surface area contributed by atoms with Crippen LogP contribution in [-0.2, 0) is 11.2 Å². The van der Waals surface area contributed by atoms with Crippen molar-refractivity contribution in [1.29, 1.82) is 0 Å². The summed E-state index contributed by atoms with van der Waals surface area (Å²) >= 11 is 6.02. The Bertz CT molecular complexity index is 1010. The molecule has 0 aliphatic rings. The Labute approximate surface area is 180 Å². The van der Waals surface area contributed by atoms with Gasteiger partial charge in [-0.05, 0) is 29.8 Å². The van der Waals surface area contributed by atoms with Crippen molar-refractivity contribution in [1.82, 2.24) is 15.3 Å². The highest BCUT2D eigenvalue weighted by Crippen LogP contribution is 2.17. The smallest absolute Gasteiger partial charge is 0.251 e. The van der Waals surface area contributed by atoms with Gasteiger partial charge < -0.3 is 15.5 Å². The molecule has 7 nitrogen and oxygen atoms in total. The molecule has 1 unspecified atom stereocenters. The van der Waals surface area contributed by atoms with Crippen molar-refractivity contribution in [3.05, 3.63) is 83.4 Å². The van der Waals surface area contributed by atoms with Crippen LogP contribution in [0.15, 0.2) is 67.1 Å². The normalized spacial score (nSPS) is 11.4. The predicted octanol–water partition coefficient (Wildman–Crippen LogP) is 3.18. The first kappa shape index (κ1) is 21.3. The Kier molecular flexibility index (Phi) is 6.98. The molecule has 0 saturated heterocycles. The van der Waals surface area contributed by atoms with Gasteiger partial charge >= 0.3 is 0 Å². The van der Waals surface area contributed by atoms with Crippen molar-refractivity contribution in [2.75, 3.05) is 24.3 Å². The van der Waals surface area contributed by atoms with E-state index >= 15 is 0 Å². The van der Waals surface area contributed by atoms with E-state index in [4.69, 9.17) is 11.6 Å². The van der Waals surface area contributed by atoms with Crippen LogP contribution >= 0.6 is 11.6 Å². The number of hydrogen-bond donors (Lipinski definition) is 2. The number of nitrogens with zero attached hydrogens (tertiary/aromatic N) is 3. The summed E-state index contributed by atoms with van der Waals surface area (Å²) in [5, 5.41) is 5.64. The summed E-state index contributed by atoms with van der Waals surface area (Å²) in [6, 6.07) is 15.8. The fraction of sp³-hybridized carbons (Fsp3) is 0.182. The average molecular weight is 424 g/mol. The number of nitrogens with one attached hydrogen (secondary N) is 2. The van der Waals surface area contributed by atoms with Crippen molar-refractivity contribution in [2.24, 2.45) is 0 Å². The molecule has 0 radical (unpaired) electrons. The van der Waals surface area contributed by atoms with Gasteiger partial charge in [0, 0.05) is 31.8 Å². The zero-order chi connectivity index (χ0) is 21.5. The Morgan fingerprint density at radius 1 is 1.07 bits per heavy atom. The summed E-state index contributed by atoms with van der Waals surface area (Å²) < 4.78 is 0. The van der Waals surface area contributed by atoms with Gasteiger partial charge in [0.15, 0.2) is 5.15 Å². The first-order chi connectivity index (χ1) is 14.4. The Hall–Kier alpha value is -3.45. The summed E-state index contributed by atoms with van der Waals surface area (Å²) in [7, 11) is 3.85. The Morgan fingerprint density at radius 2 is 1.77 bits per heavy atom. The number of hydrogen-bond acceptors (Lipinski definition) is 5. The monoisotopic (exact) mass is 423 g/mol. The molecule has 0 spiro atoms. The van der Waals surface area contributed by atoms with Crippen LogP contribution in [0.1, 0.15) is 15.9 Å². The number of halogens is 1. The van der Waals surface area contributed by atoms with Crippen molar-refractivity contribution in [3.63, 3.8) is 0 Å². The molecule has 2 aromatic carbocycles. The molecule has 2 amide bonds. The average Bonchev–Trinajstić information content (AvgIpc) is 2.75. The van der Waals surface area contributed by atoms with E-state index in [0.717, 1.165) is 11.3 Å². The van der Waals surface area contributed by atoms with E-state index in [-0.39, 0.29) is 16.7 Å². The minimum Gasteiger partial charge on any atom is -0.378 e. The predicted molar refractivity (Wildman–Crippen MR) is 118 cm³/mol. The summed E-state index contributed by atoms with van der Waals surface area (Å²) in [5.41, 5.74) is 2.64. The quantitative estimate of drug-likeness (QED) is 0.570. The van der Waals surface area contributed by atoms with Gasteiger partial charge in [-0.25, -0.2) is 9.97 Å². The van der Waals surface area contributed by atoms with Crippen LogP contribution in [0.3, 0.4) is 0 Å². The highest BCUT2D eigenvalue weighted by molar-refractivity contribution is 6.32. The molecule has 30 heavy (non-hydrogen) atoms. The van der Waals surface area contributed by atoms with Crippen LogP contribution in [-0.4, -0.2) is 41.9 Å². The topological polar surface area (TPSA) is 87.2 Å². The van der Waals surface area contributed by atoms with E-state index in [9.17, 15) is 9.59 Å². The van der Waals surface area contributed by atoms with E-state index in [1.807, 2.05) is 61.5 Å². The van der Waals surface area contributed by atoms with Crippen LogP contribution < -0.4 is 15.5 Å². The van der Waals surface area contributed by atoms with Gasteiger partial charge in [0.2, 0.25) is 5.91 Å². The van der Waals surface area contributed by atoms with Gasteiger partial charge in [0.25, 0.3) is 5.91 Å². The molecule has 3 aromatic rings. The molecule has 1 aromatic heterocycles. The van der Waals surface area contributed by atoms with Gasteiger partial charge in [0.1, 0.15) is 12.4 Å². The van der Waals surface area contributed by atoms with Crippen LogP contribution in [0.25, 0.3) is 0 Å². The number of rotatable bonds is 7. The van der Waals surface area contributed by atoms with Gasteiger partial charge in [-0.3, -0.25) is 9.59 Å². The zero-order valence-electron chi connectivity index (χ0n) is 16.7. The molecule has 0 aliphatic carbocycles. The van der Waals surface area contributed by atoms with Crippen LogP contribution in [0.4, 0.5) is 11.4 Å². The third kappa shape index (κ3) is 5.55. The third-order valence-electron chi connectivity index (χ3n) is 4.47. The molecule has 1 heterocycles. The highest BCUT2D eigenvalue weighted by atomic mass is 35.5. The maximum Gasteiger partial charge on any atom is 0.251 e. The van der Waals surface area contributed by atoms with E-state index in [0.29, 0.717) is 12.0 Å². The number of carbonyl (C=O) groups excluding carboxylic acids is 2. The second-order valence-corrected chi connectivity index (χ2v) is 7.23. The van der Waals surface area contributed by atoms with E-state index in [1.54, 1.807) is 12.1 Å². The van der Waals surface area contributed by atoms with E-state index in [2.05, 4.69) is 20.6 Å². The highest BCUT2D eigenvalue weighted by Gasteiger charge is 2.23. The number of carbonyl (C=O) groups is 2. The summed E-state index contributed by atoms with van der Waals surface area (Å²) in [6.45, 7) is 0. The van der Waals surface area contributed by atoms with Crippen LogP contribution in [0, 0.1) is 0 Å². The minimum absolute atomic E-state index is 0.127. The van der Waals surface area contributed by atoms with Gasteiger partial charge in [-0.15, -0.1) is 0 Å². The second kappa shape index (κ2) is 9.84. The third-order valence-corrected chi connectivity index (χ3v) is 4.77. The van der Waals surface area contributed by atoms with E-state index < -0.39 is 11.9 Å². The van der Waals surface area contributed by atoms with Crippen molar-refractivity contribution < 1.29 is 9.59 Å². The van der Waals surface area contributed by atoms with Crippen molar-refractivity contribution >= 4 is 34.8 Å². The molecule has 154 valence electrons. The lowest BCUT2D eigenvalue weighted by atomic mass is 10.0. The molecule has 1 atom stereocenters. The van der Waals surface area contributed by atoms with Gasteiger partial charge in [-0.1, -0.05) is 41.9 Å². The first-order valence-electron chi connectivity index (χ1n) is 9.32. The second-order valence-electron chi connectivity index (χ2n) is 6.87. The van der Waals surface area contributed by atoms with Gasteiger partial charge in [-0.2, -0.15) is 0 Å². The lowest BCUT2D eigenvalue weighted by molar-refractivity contribution is -0.118. The fourth-order valence-electron chi connectivity index (χ4n) is 2.83. The lowest BCUT2D eigenvalue weighted by Crippen LogP contribution is -2.45. The number of anilines is 2. The molecule has 0 bridgehead atoms. The van der Waals surface area contributed by atoms with Gasteiger partial charge in [0.05, 0.1) is 11.9 Å². The molecule has 0 aliphatic heterocycles. The maximum absolute atomic E-state index is 12.9. The number of amides is 2. The lowest BCUT2D eigenvalue weighted by Gasteiger charge is -2.19. The first-order valence-corrected chi connectivity index (χ1v) is 9.70. The molecular formula is C22H22ClN5O2. The SMILES string of the molecule is CN(C)c1ccc(C(=O)NC(Cc2ccccc2)C(=O)Nc2cncnc2Cl)cc1. The van der Waals surface area contributed by atoms with Crippen molar-refractivity contribution in [3.8, 4) is 0 Å². The molecule has 3 rings (SSSR count). The maximum atomic E-state index is 12.9. The van der Waals surface area contributed by atoms with Crippen LogP contribution in [0.2, 0.25) is 5.15 Å². The molecular weight excluding hydrogens is 402 g/mol. The molecule has 0 fully saturated rings. The van der Waals surface area contributed by atoms with Crippen molar-refractivity contribution in [2.45, 2.75) is 12.5 Å². The minimum atomic E-state index is -0.815. The fourth-order valence-corrected chi connectivity index (χ4v) is 2.97. The molecule has 2 N–H and O–H groups in total. The summed E-state index contributed by atoms with van der Waals surface area (Å²) in [5.74, 6) is -0.749. The number of benzene rings is 2. The number of aromatic nitrogens is 2. The largest absolute Gasteiger partial charge is 0.378 e. The van der Waals surface area contributed by atoms with E-state index in [1.165, 1.54) is 12.5 Å². The molecule has 8 heteroatoms. The summed E-state index contributed by atoms with van der Waals surface area (Å²) in [4.78, 5) is 35.4. The van der Waals surface area contributed by atoms with Crippen LogP contribution in [0.5, 0.6) is 0 Å². The zero-order valence-corrected chi connectivity index (χ0v) is 17.4. The summed E-state index contributed by atoms with van der Waals surface area (Å²) in [6.07, 6.45) is 3.02.